The summed E-state index contributed by atoms with van der Waals surface area (Å²) in [7, 11) is 0. The maximum absolute atomic E-state index is 14.5. The van der Waals surface area contributed by atoms with Crippen LogP contribution < -0.4 is 0 Å². The van der Waals surface area contributed by atoms with Gasteiger partial charge >= 0.3 is 12.9 Å². The Kier molecular flexibility index (Phi) is 4.41. The summed E-state index contributed by atoms with van der Waals surface area (Å²) in [5.74, 6) is -4.35. The zero-order valence-electron chi connectivity index (χ0n) is 14.4. The Hall–Kier alpha value is -2.24. The van der Waals surface area contributed by atoms with Gasteiger partial charge in [-0.15, -0.1) is 0 Å². The van der Waals surface area contributed by atoms with Gasteiger partial charge in [-0.2, -0.15) is 22.0 Å². The average Bonchev–Trinajstić information content (AvgIpc) is 2.97. The minimum absolute atomic E-state index is 0.00519. The molecular formula is C16H12ClF7N4O. The first-order valence-electron chi connectivity index (χ1n) is 8.31. The van der Waals surface area contributed by atoms with Crippen LogP contribution >= 0.6 is 11.6 Å². The molecule has 158 valence electrons. The number of nitrogens with zero attached hydrogens (tertiary/aromatic N) is 4. The van der Waals surface area contributed by atoms with Gasteiger partial charge in [-0.05, 0) is 18.1 Å². The number of aliphatic imine (C=N–C) groups is 1. The van der Waals surface area contributed by atoms with Crippen LogP contribution in [0.3, 0.4) is 0 Å². The van der Waals surface area contributed by atoms with Gasteiger partial charge in [0.2, 0.25) is 0 Å². The van der Waals surface area contributed by atoms with E-state index in [2.05, 4.69) is 14.7 Å². The molecule has 0 radical (unpaired) electrons. The predicted molar refractivity (Wildman–Crippen MR) is 86.1 cm³/mol. The summed E-state index contributed by atoms with van der Waals surface area (Å²) in [6, 6.07) is 1.27. The number of fused-ring (bicyclic) bond motifs is 3. The molecule has 3 heterocycles. The van der Waals surface area contributed by atoms with Crippen LogP contribution in [0, 0.1) is 0 Å². The van der Waals surface area contributed by atoms with Crippen molar-refractivity contribution in [2.75, 3.05) is 13.2 Å². The highest BCUT2D eigenvalue weighted by Crippen LogP contribution is 2.53. The molecule has 0 unspecified atom stereocenters. The van der Waals surface area contributed by atoms with E-state index in [1.807, 2.05) is 0 Å². The molecule has 3 aliphatic rings. The number of pyridine rings is 1. The van der Waals surface area contributed by atoms with Gasteiger partial charge in [0.1, 0.15) is 10.7 Å². The second-order valence-electron chi connectivity index (χ2n) is 6.84. The van der Waals surface area contributed by atoms with Gasteiger partial charge in [0.25, 0.3) is 5.92 Å². The van der Waals surface area contributed by atoms with E-state index in [1.165, 1.54) is 12.3 Å². The van der Waals surface area contributed by atoms with Crippen molar-refractivity contribution in [1.29, 1.82) is 0 Å². The molecule has 13 heteroatoms. The number of rotatable bonds is 2. The molecule has 1 aromatic rings. The van der Waals surface area contributed by atoms with E-state index < -0.39 is 53.9 Å². The Labute approximate surface area is 164 Å². The second-order valence-corrected chi connectivity index (χ2v) is 7.20. The SMILES string of the molecule is FC(F)OC1=CN(C(F)(F)F)CN2C[C@@]3(CCC(F)(F)c4c3ccnc4Cl)N=C12. The highest BCUT2D eigenvalue weighted by Gasteiger charge is 2.55. The molecule has 5 nitrogen and oxygen atoms in total. The van der Waals surface area contributed by atoms with E-state index in [9.17, 15) is 30.7 Å². The molecule has 2 aliphatic heterocycles. The van der Waals surface area contributed by atoms with Crippen molar-refractivity contribution < 1.29 is 35.5 Å². The number of ether oxygens (including phenoxy) is 1. The fourth-order valence-electron chi connectivity index (χ4n) is 3.86. The van der Waals surface area contributed by atoms with E-state index in [4.69, 9.17) is 11.6 Å². The number of amidine groups is 1. The van der Waals surface area contributed by atoms with Crippen molar-refractivity contribution in [3.63, 3.8) is 0 Å². The third-order valence-corrected chi connectivity index (χ3v) is 5.34. The third kappa shape index (κ3) is 3.26. The van der Waals surface area contributed by atoms with E-state index in [-0.39, 0.29) is 29.3 Å². The van der Waals surface area contributed by atoms with Crippen LogP contribution in [0.5, 0.6) is 0 Å². The van der Waals surface area contributed by atoms with E-state index in [1.54, 1.807) is 0 Å². The van der Waals surface area contributed by atoms with E-state index in [0.717, 1.165) is 4.90 Å². The van der Waals surface area contributed by atoms with Gasteiger partial charge in [0.05, 0.1) is 25.0 Å². The highest BCUT2D eigenvalue weighted by molar-refractivity contribution is 6.30. The molecule has 1 atom stereocenters. The smallest absolute Gasteiger partial charge is 0.429 e. The van der Waals surface area contributed by atoms with Crippen molar-refractivity contribution in [2.24, 2.45) is 4.99 Å². The monoisotopic (exact) mass is 444 g/mol. The van der Waals surface area contributed by atoms with Crippen molar-refractivity contribution in [3.8, 4) is 0 Å². The summed E-state index contributed by atoms with van der Waals surface area (Å²) in [6.07, 6.45) is -4.17. The molecule has 1 spiro atoms. The lowest BCUT2D eigenvalue weighted by Crippen LogP contribution is -2.50. The van der Waals surface area contributed by atoms with Crippen molar-refractivity contribution in [2.45, 2.75) is 37.2 Å². The van der Waals surface area contributed by atoms with Crippen molar-refractivity contribution in [3.05, 3.63) is 40.5 Å². The first kappa shape index (κ1) is 20.0. The minimum Gasteiger partial charge on any atom is -0.429 e. The predicted octanol–water partition coefficient (Wildman–Crippen LogP) is 4.40. The number of aromatic nitrogens is 1. The molecule has 0 saturated heterocycles. The van der Waals surface area contributed by atoms with Gasteiger partial charge < -0.3 is 9.64 Å². The summed E-state index contributed by atoms with van der Waals surface area (Å²) in [5, 5.41) is -0.437. The van der Waals surface area contributed by atoms with Gasteiger partial charge in [-0.25, -0.2) is 13.8 Å². The quantitative estimate of drug-likeness (QED) is 0.385. The summed E-state index contributed by atoms with van der Waals surface area (Å²) in [6.45, 7) is -4.37. The third-order valence-electron chi connectivity index (χ3n) is 5.05. The molecule has 4 rings (SSSR count). The molecule has 29 heavy (non-hydrogen) atoms. The fraction of sp³-hybridized carbons (Fsp3) is 0.500. The number of halogens is 8. The number of hydrogen-bond donors (Lipinski definition) is 0. The lowest BCUT2D eigenvalue weighted by atomic mass is 9.76. The molecule has 0 aromatic carbocycles. The molecule has 0 saturated carbocycles. The van der Waals surface area contributed by atoms with Crippen LogP contribution in [0.1, 0.15) is 24.0 Å². The largest absolute Gasteiger partial charge is 0.486 e. The lowest BCUT2D eigenvalue weighted by Gasteiger charge is -2.39. The van der Waals surface area contributed by atoms with Crippen LogP contribution in [0.15, 0.2) is 29.2 Å². The van der Waals surface area contributed by atoms with Crippen LogP contribution in [0.25, 0.3) is 0 Å². The molecule has 0 bridgehead atoms. The van der Waals surface area contributed by atoms with Gasteiger partial charge in [-0.1, -0.05) is 11.6 Å². The molecule has 0 fully saturated rings. The molecule has 1 aromatic heterocycles. The van der Waals surface area contributed by atoms with Gasteiger partial charge in [-0.3, -0.25) is 9.89 Å². The summed E-state index contributed by atoms with van der Waals surface area (Å²) in [5.41, 5.74) is -1.93. The Morgan fingerprint density at radius 2 is 1.93 bits per heavy atom. The van der Waals surface area contributed by atoms with Crippen LogP contribution in [-0.2, 0) is 16.2 Å². The van der Waals surface area contributed by atoms with Crippen LogP contribution in [0.4, 0.5) is 30.7 Å². The topological polar surface area (TPSA) is 41.0 Å². The normalized spacial score (nSPS) is 25.7. The Bertz CT molecular complexity index is 904. The van der Waals surface area contributed by atoms with E-state index >= 15 is 0 Å². The van der Waals surface area contributed by atoms with E-state index in [0.29, 0.717) is 6.20 Å². The molecule has 1 aliphatic carbocycles. The Morgan fingerprint density at radius 3 is 2.59 bits per heavy atom. The number of hydrogen-bond acceptors (Lipinski definition) is 5. The zero-order valence-corrected chi connectivity index (χ0v) is 15.1. The van der Waals surface area contributed by atoms with Crippen LogP contribution in [0.2, 0.25) is 5.15 Å². The Morgan fingerprint density at radius 1 is 1.21 bits per heavy atom. The molecular weight excluding hydrogens is 433 g/mol. The highest BCUT2D eigenvalue weighted by atomic mass is 35.5. The van der Waals surface area contributed by atoms with Gasteiger partial charge in [0, 0.05) is 12.6 Å². The molecule has 0 amide bonds. The summed E-state index contributed by atoms with van der Waals surface area (Å²) >= 11 is 5.88. The Balaban J connectivity index is 1.81. The van der Waals surface area contributed by atoms with Crippen molar-refractivity contribution >= 4 is 17.4 Å². The minimum atomic E-state index is -4.86. The van der Waals surface area contributed by atoms with Crippen molar-refractivity contribution in [1.82, 2.24) is 14.8 Å². The lowest BCUT2D eigenvalue weighted by molar-refractivity contribution is -0.237. The maximum atomic E-state index is 14.5. The summed E-state index contributed by atoms with van der Waals surface area (Å²) in [4.78, 5) is 8.90. The van der Waals surface area contributed by atoms with Crippen LogP contribution in [-0.4, -0.2) is 46.7 Å². The zero-order chi connectivity index (χ0) is 21.2. The second kappa shape index (κ2) is 6.38. The first-order valence-corrected chi connectivity index (χ1v) is 8.69. The van der Waals surface area contributed by atoms with Gasteiger partial charge in [0.15, 0.2) is 11.6 Å². The average molecular weight is 445 g/mol. The standard InChI is InChI=1S/C16H12ClF7N4O/c17-11-10-8(1-4-25-11)14(2-3-15(10,20)21)6-27-7-28(16(22,23)24)5-9(12(27)26-14)29-13(18)19/h1,4-5,13H,2-3,6-7H2/t14-/m1/s1. The fourth-order valence-corrected chi connectivity index (χ4v) is 4.16. The maximum Gasteiger partial charge on any atom is 0.486 e. The first-order chi connectivity index (χ1) is 13.4. The number of alkyl halides is 7. The molecule has 0 N–H and O–H groups in total. The summed E-state index contributed by atoms with van der Waals surface area (Å²) < 4.78 is 98.2.